The minimum atomic E-state index is -0.194. The maximum atomic E-state index is 12.5. The SMILES string of the molecule is Cc1ccc(-n2c(SCc3nc4ccc(Cl)cc4c(=O)[nH]3)nnc2N2CCCC2)cc1. The molecule has 5 rings (SSSR count). The van der Waals surface area contributed by atoms with Crippen molar-refractivity contribution < 1.29 is 0 Å². The zero-order valence-electron chi connectivity index (χ0n) is 17.0. The van der Waals surface area contributed by atoms with Crippen LogP contribution >= 0.6 is 23.4 Å². The second kappa shape index (κ2) is 8.36. The molecule has 0 aliphatic carbocycles. The van der Waals surface area contributed by atoms with Crippen LogP contribution < -0.4 is 10.5 Å². The molecule has 158 valence electrons. The Balaban J connectivity index is 1.48. The molecule has 0 atom stereocenters. The van der Waals surface area contributed by atoms with Crippen molar-refractivity contribution in [1.82, 2.24) is 24.7 Å². The summed E-state index contributed by atoms with van der Waals surface area (Å²) >= 11 is 7.51. The lowest BCUT2D eigenvalue weighted by molar-refractivity contribution is 0.840. The highest BCUT2D eigenvalue weighted by Crippen LogP contribution is 2.30. The quantitative estimate of drug-likeness (QED) is 0.453. The molecule has 1 aliphatic heterocycles. The van der Waals surface area contributed by atoms with Crippen LogP contribution in [-0.4, -0.2) is 37.8 Å². The van der Waals surface area contributed by atoms with Crippen LogP contribution in [0.2, 0.25) is 5.02 Å². The van der Waals surface area contributed by atoms with E-state index in [1.165, 1.54) is 17.3 Å². The van der Waals surface area contributed by atoms with E-state index in [1.807, 2.05) is 0 Å². The number of fused-ring (bicyclic) bond motifs is 1. The van der Waals surface area contributed by atoms with Gasteiger partial charge in [-0.3, -0.25) is 9.36 Å². The summed E-state index contributed by atoms with van der Waals surface area (Å²) in [6.45, 7) is 4.04. The van der Waals surface area contributed by atoms with Gasteiger partial charge in [-0.1, -0.05) is 41.1 Å². The van der Waals surface area contributed by atoms with E-state index in [9.17, 15) is 4.79 Å². The van der Waals surface area contributed by atoms with Crippen molar-refractivity contribution in [2.75, 3.05) is 18.0 Å². The van der Waals surface area contributed by atoms with Crippen molar-refractivity contribution in [3.05, 3.63) is 69.2 Å². The van der Waals surface area contributed by atoms with Crippen LogP contribution in [0.25, 0.3) is 16.6 Å². The van der Waals surface area contributed by atoms with Crippen LogP contribution in [-0.2, 0) is 5.75 Å². The number of hydrogen-bond acceptors (Lipinski definition) is 6. The Morgan fingerprint density at radius 3 is 2.65 bits per heavy atom. The Kier molecular flexibility index (Phi) is 5.41. The molecule has 2 aromatic carbocycles. The van der Waals surface area contributed by atoms with Gasteiger partial charge in [-0.15, -0.1) is 10.2 Å². The Hall–Kier alpha value is -2.84. The third-order valence-corrected chi connectivity index (χ3v) is 6.53. The molecular formula is C22H21ClN6OS. The molecular weight excluding hydrogens is 432 g/mol. The maximum absolute atomic E-state index is 12.5. The lowest BCUT2D eigenvalue weighted by atomic mass is 10.2. The average molecular weight is 453 g/mol. The van der Waals surface area contributed by atoms with Gasteiger partial charge < -0.3 is 9.88 Å². The molecule has 0 radical (unpaired) electrons. The average Bonchev–Trinajstić information content (AvgIpc) is 3.43. The number of halogens is 1. The second-order valence-corrected chi connectivity index (χ2v) is 8.99. The molecule has 0 unspecified atom stereocenters. The van der Waals surface area contributed by atoms with E-state index >= 15 is 0 Å². The highest BCUT2D eigenvalue weighted by molar-refractivity contribution is 7.98. The number of thioether (sulfide) groups is 1. The van der Waals surface area contributed by atoms with E-state index in [0.29, 0.717) is 27.5 Å². The number of benzene rings is 2. The highest BCUT2D eigenvalue weighted by atomic mass is 35.5. The van der Waals surface area contributed by atoms with Crippen LogP contribution in [0.4, 0.5) is 5.95 Å². The van der Waals surface area contributed by atoms with Gasteiger partial charge in [0.2, 0.25) is 5.95 Å². The van der Waals surface area contributed by atoms with Gasteiger partial charge in [0.25, 0.3) is 5.56 Å². The summed E-state index contributed by atoms with van der Waals surface area (Å²) in [4.78, 5) is 22.2. The number of nitrogens with one attached hydrogen (secondary N) is 1. The van der Waals surface area contributed by atoms with Gasteiger partial charge >= 0.3 is 0 Å². The minimum Gasteiger partial charge on any atom is -0.341 e. The Morgan fingerprint density at radius 2 is 1.87 bits per heavy atom. The van der Waals surface area contributed by atoms with Crippen LogP contribution in [0.5, 0.6) is 0 Å². The van der Waals surface area contributed by atoms with Crippen LogP contribution in [0.3, 0.4) is 0 Å². The van der Waals surface area contributed by atoms with Crippen molar-refractivity contribution in [3.8, 4) is 5.69 Å². The predicted molar refractivity (Wildman–Crippen MR) is 124 cm³/mol. The summed E-state index contributed by atoms with van der Waals surface area (Å²) in [6, 6.07) is 13.5. The van der Waals surface area contributed by atoms with E-state index in [-0.39, 0.29) is 5.56 Å². The van der Waals surface area contributed by atoms with E-state index in [0.717, 1.165) is 42.7 Å². The largest absolute Gasteiger partial charge is 0.341 e. The number of nitrogens with zero attached hydrogens (tertiary/aromatic N) is 5. The molecule has 1 N–H and O–H groups in total. The Bertz CT molecular complexity index is 1290. The lowest BCUT2D eigenvalue weighted by Crippen LogP contribution is -2.22. The summed E-state index contributed by atoms with van der Waals surface area (Å²) in [7, 11) is 0. The molecule has 0 spiro atoms. The molecule has 1 saturated heterocycles. The summed E-state index contributed by atoms with van der Waals surface area (Å²) in [5.74, 6) is 1.92. The number of aromatic amines is 1. The van der Waals surface area contributed by atoms with E-state index < -0.39 is 0 Å². The van der Waals surface area contributed by atoms with Gasteiger partial charge in [0.1, 0.15) is 5.82 Å². The third kappa shape index (κ3) is 4.05. The number of hydrogen-bond donors (Lipinski definition) is 1. The zero-order chi connectivity index (χ0) is 21.4. The van der Waals surface area contributed by atoms with Crippen molar-refractivity contribution in [3.63, 3.8) is 0 Å². The Morgan fingerprint density at radius 1 is 1.10 bits per heavy atom. The summed E-state index contributed by atoms with van der Waals surface area (Å²) < 4.78 is 2.09. The first-order valence-corrected chi connectivity index (χ1v) is 11.5. The van der Waals surface area contributed by atoms with Crippen LogP contribution in [0, 0.1) is 6.92 Å². The number of anilines is 1. The fourth-order valence-electron chi connectivity index (χ4n) is 3.76. The standard InChI is InChI=1S/C22H21ClN6OS/c1-14-4-7-16(8-5-14)29-21(28-10-2-3-11-28)26-27-22(29)31-13-19-24-18-9-6-15(23)12-17(18)20(30)25-19/h4-9,12H,2-3,10-11,13H2,1H3,(H,24,25,30). The van der Waals surface area contributed by atoms with Gasteiger partial charge in [-0.2, -0.15) is 0 Å². The first-order chi connectivity index (χ1) is 15.1. The maximum Gasteiger partial charge on any atom is 0.258 e. The van der Waals surface area contributed by atoms with Crippen molar-refractivity contribution in [2.45, 2.75) is 30.7 Å². The molecule has 9 heteroatoms. The van der Waals surface area contributed by atoms with Gasteiger partial charge in [-0.05, 0) is 50.1 Å². The minimum absolute atomic E-state index is 0.194. The first-order valence-electron chi connectivity index (χ1n) is 10.2. The highest BCUT2D eigenvalue weighted by Gasteiger charge is 2.22. The third-order valence-electron chi connectivity index (χ3n) is 5.35. The fraction of sp³-hybridized carbons (Fsp3) is 0.273. The van der Waals surface area contributed by atoms with Gasteiger partial charge in [0.15, 0.2) is 5.16 Å². The lowest BCUT2D eigenvalue weighted by Gasteiger charge is -2.18. The molecule has 0 amide bonds. The van der Waals surface area contributed by atoms with Crippen LogP contribution in [0.1, 0.15) is 24.2 Å². The van der Waals surface area contributed by atoms with Gasteiger partial charge in [0.05, 0.1) is 22.3 Å². The molecule has 1 aliphatic rings. The molecule has 0 saturated carbocycles. The normalized spacial score (nSPS) is 13.9. The molecule has 0 bridgehead atoms. The number of aryl methyl sites for hydroxylation is 1. The first kappa shape index (κ1) is 20.1. The summed E-state index contributed by atoms with van der Waals surface area (Å²) in [5, 5.41) is 10.7. The molecule has 4 aromatic rings. The monoisotopic (exact) mass is 452 g/mol. The van der Waals surface area contributed by atoms with Crippen LogP contribution in [0.15, 0.2) is 52.4 Å². The van der Waals surface area contributed by atoms with Gasteiger partial charge in [0, 0.05) is 18.1 Å². The molecule has 1 fully saturated rings. The summed E-state index contributed by atoms with van der Waals surface area (Å²) in [6.07, 6.45) is 2.32. The van der Waals surface area contributed by atoms with Crippen molar-refractivity contribution in [2.24, 2.45) is 0 Å². The predicted octanol–water partition coefficient (Wildman–Crippen LogP) is 4.36. The van der Waals surface area contributed by atoms with E-state index in [1.54, 1.807) is 18.2 Å². The fourth-order valence-corrected chi connectivity index (χ4v) is 4.75. The smallest absolute Gasteiger partial charge is 0.258 e. The molecule has 2 aromatic heterocycles. The number of aromatic nitrogens is 5. The van der Waals surface area contributed by atoms with Gasteiger partial charge in [-0.25, -0.2) is 4.98 Å². The van der Waals surface area contributed by atoms with Crippen molar-refractivity contribution >= 4 is 40.2 Å². The van der Waals surface area contributed by atoms with E-state index in [2.05, 4.69) is 60.8 Å². The summed E-state index contributed by atoms with van der Waals surface area (Å²) in [5.41, 5.74) is 2.66. The van der Waals surface area contributed by atoms with E-state index in [4.69, 9.17) is 11.6 Å². The molecule has 3 heterocycles. The number of H-pyrrole nitrogens is 1. The molecule has 7 nitrogen and oxygen atoms in total. The molecule has 31 heavy (non-hydrogen) atoms. The second-order valence-electron chi connectivity index (χ2n) is 7.61. The zero-order valence-corrected chi connectivity index (χ0v) is 18.6. The topological polar surface area (TPSA) is 79.7 Å². The Labute approximate surface area is 188 Å². The number of rotatable bonds is 5. The van der Waals surface area contributed by atoms with Crippen molar-refractivity contribution in [1.29, 1.82) is 0 Å².